The Labute approximate surface area is 155 Å². The fourth-order valence-electron chi connectivity index (χ4n) is 2.38. The van der Waals surface area contributed by atoms with Gasteiger partial charge in [-0.1, -0.05) is 48.7 Å². The van der Waals surface area contributed by atoms with E-state index in [2.05, 4.69) is 33.4 Å². The molecule has 0 aliphatic heterocycles. The second-order valence-corrected chi connectivity index (χ2v) is 5.46. The van der Waals surface area contributed by atoms with Gasteiger partial charge in [-0.15, -0.1) is 0 Å². The van der Waals surface area contributed by atoms with Crippen LogP contribution in [0.3, 0.4) is 0 Å². The molecule has 27 heavy (non-hydrogen) atoms. The van der Waals surface area contributed by atoms with Crippen LogP contribution >= 0.6 is 0 Å². The van der Waals surface area contributed by atoms with E-state index in [0.29, 0.717) is 23.6 Å². The van der Waals surface area contributed by atoms with Gasteiger partial charge in [-0.25, -0.2) is 14.4 Å². The fraction of sp³-hybridized carbons (Fsp3) is 0.0526. The number of rotatable bonds is 7. The molecule has 0 saturated heterocycles. The van der Waals surface area contributed by atoms with Crippen LogP contribution in [-0.4, -0.2) is 24.9 Å². The Balaban J connectivity index is 2.06. The molecule has 7 nitrogen and oxygen atoms in total. The predicted molar refractivity (Wildman–Crippen MR) is 101 cm³/mol. The first kappa shape index (κ1) is 18.0. The molecule has 0 fully saturated rings. The van der Waals surface area contributed by atoms with Gasteiger partial charge in [0.05, 0.1) is 18.4 Å². The highest BCUT2D eigenvalue weighted by Gasteiger charge is 2.16. The smallest absolute Gasteiger partial charge is 0.183 e. The predicted octanol–water partition coefficient (Wildman–Crippen LogP) is 3.57. The van der Waals surface area contributed by atoms with Crippen molar-refractivity contribution in [2.45, 2.75) is 6.54 Å². The number of hydrogen-bond donors (Lipinski definition) is 1. The summed E-state index contributed by atoms with van der Waals surface area (Å²) >= 11 is 0. The van der Waals surface area contributed by atoms with Gasteiger partial charge in [-0.3, -0.25) is 4.68 Å². The van der Waals surface area contributed by atoms with E-state index in [4.69, 9.17) is 10.3 Å². The number of hydrogen-bond acceptors (Lipinski definition) is 6. The summed E-state index contributed by atoms with van der Waals surface area (Å²) in [6.07, 6.45) is 11.4. The maximum atomic E-state index is 13.4. The number of halogens is 1. The van der Waals surface area contributed by atoms with Crippen molar-refractivity contribution in [3.63, 3.8) is 0 Å². The van der Waals surface area contributed by atoms with Gasteiger partial charge in [0.1, 0.15) is 17.7 Å². The van der Waals surface area contributed by atoms with Gasteiger partial charge >= 0.3 is 0 Å². The summed E-state index contributed by atoms with van der Waals surface area (Å²) in [4.78, 5) is 7.92. The number of nitrogens with two attached hydrogens (primary N) is 1. The van der Waals surface area contributed by atoms with E-state index in [-0.39, 0.29) is 11.6 Å². The van der Waals surface area contributed by atoms with Gasteiger partial charge in [0.25, 0.3) is 0 Å². The van der Waals surface area contributed by atoms with Crippen molar-refractivity contribution in [2.24, 2.45) is 0 Å². The van der Waals surface area contributed by atoms with Crippen LogP contribution in [-0.2, 0) is 6.54 Å². The van der Waals surface area contributed by atoms with E-state index in [0.717, 1.165) is 11.8 Å². The van der Waals surface area contributed by atoms with Crippen LogP contribution in [0.5, 0.6) is 0 Å². The minimum absolute atomic E-state index is 0.216. The number of nitrogens with zero attached hydrogens (tertiary/aromatic N) is 5. The van der Waals surface area contributed by atoms with Crippen LogP contribution in [0, 0.1) is 5.82 Å². The van der Waals surface area contributed by atoms with Crippen molar-refractivity contribution >= 4 is 5.82 Å². The standard InChI is InChI=1S/C19H17FN6O/c1-3-5-7-13(6-4-2)12-26-17(15-8-9-27-25-15)10-16(24-26)19-22-11-14(20)18(21)23-19/h3-11H,1-2,12H2,(H2,21,22,23)/b7-5-,13-6+. The van der Waals surface area contributed by atoms with Gasteiger partial charge in [0.2, 0.25) is 0 Å². The fourth-order valence-corrected chi connectivity index (χ4v) is 2.38. The third-order valence-corrected chi connectivity index (χ3v) is 3.59. The molecule has 0 aliphatic rings. The maximum Gasteiger partial charge on any atom is 0.183 e. The molecular formula is C19H17FN6O. The molecule has 0 saturated carbocycles. The number of aromatic nitrogens is 5. The van der Waals surface area contributed by atoms with Gasteiger partial charge in [-0.05, 0) is 11.6 Å². The van der Waals surface area contributed by atoms with Crippen molar-refractivity contribution < 1.29 is 8.91 Å². The number of nitrogen functional groups attached to an aromatic ring is 1. The second-order valence-electron chi connectivity index (χ2n) is 5.46. The molecule has 0 radical (unpaired) electrons. The van der Waals surface area contributed by atoms with Gasteiger partial charge in [0, 0.05) is 6.07 Å². The van der Waals surface area contributed by atoms with Gasteiger partial charge in [-0.2, -0.15) is 5.10 Å². The van der Waals surface area contributed by atoms with Crippen molar-refractivity contribution in [1.82, 2.24) is 24.9 Å². The maximum absolute atomic E-state index is 13.4. The van der Waals surface area contributed by atoms with Crippen LogP contribution in [0.1, 0.15) is 0 Å². The van der Waals surface area contributed by atoms with E-state index in [1.165, 1.54) is 6.26 Å². The Morgan fingerprint density at radius 3 is 2.81 bits per heavy atom. The summed E-state index contributed by atoms with van der Waals surface area (Å²) in [6, 6.07) is 3.46. The molecule has 0 amide bonds. The highest BCUT2D eigenvalue weighted by Crippen LogP contribution is 2.25. The molecule has 3 heterocycles. The molecule has 136 valence electrons. The zero-order valence-electron chi connectivity index (χ0n) is 14.4. The zero-order valence-corrected chi connectivity index (χ0v) is 14.4. The summed E-state index contributed by atoms with van der Waals surface area (Å²) in [5, 5.41) is 8.50. The lowest BCUT2D eigenvalue weighted by molar-refractivity contribution is 0.421. The second kappa shape index (κ2) is 8.05. The van der Waals surface area contributed by atoms with E-state index in [1.807, 2.05) is 18.2 Å². The van der Waals surface area contributed by atoms with Gasteiger partial charge < -0.3 is 10.3 Å². The molecule has 3 aromatic rings. The Morgan fingerprint density at radius 2 is 2.15 bits per heavy atom. The molecule has 3 aromatic heterocycles. The normalized spacial score (nSPS) is 11.8. The van der Waals surface area contributed by atoms with Crippen LogP contribution in [0.25, 0.3) is 22.9 Å². The summed E-state index contributed by atoms with van der Waals surface area (Å²) in [6.45, 7) is 7.83. The molecule has 2 N–H and O–H groups in total. The molecule has 3 rings (SSSR count). The Hall–Kier alpha value is -3.81. The minimum atomic E-state index is -0.680. The number of anilines is 1. The lowest BCUT2D eigenvalue weighted by Crippen LogP contribution is -2.05. The van der Waals surface area contributed by atoms with Crippen LogP contribution < -0.4 is 5.73 Å². The zero-order chi connectivity index (χ0) is 19.2. The van der Waals surface area contributed by atoms with Crippen LogP contribution in [0.4, 0.5) is 10.2 Å². The Morgan fingerprint density at radius 1 is 1.30 bits per heavy atom. The first-order chi connectivity index (χ1) is 13.1. The third kappa shape index (κ3) is 4.06. The van der Waals surface area contributed by atoms with Crippen molar-refractivity contribution in [3.8, 4) is 22.9 Å². The number of allylic oxidation sites excluding steroid dienone is 6. The van der Waals surface area contributed by atoms with Gasteiger partial charge in [0.15, 0.2) is 17.5 Å². The molecule has 0 bridgehead atoms. The topological polar surface area (TPSA) is 95.7 Å². The largest absolute Gasteiger partial charge is 0.381 e. The van der Waals surface area contributed by atoms with Crippen molar-refractivity contribution in [1.29, 1.82) is 0 Å². The molecule has 0 unspecified atom stereocenters. The quantitative estimate of drug-likeness (QED) is 0.644. The minimum Gasteiger partial charge on any atom is -0.381 e. The molecule has 0 atom stereocenters. The highest BCUT2D eigenvalue weighted by molar-refractivity contribution is 5.63. The summed E-state index contributed by atoms with van der Waals surface area (Å²) in [7, 11) is 0. The Bertz CT molecular complexity index is 1020. The van der Waals surface area contributed by atoms with Crippen molar-refractivity contribution in [2.75, 3.05) is 5.73 Å². The molecule has 0 aromatic carbocycles. The first-order valence-corrected chi connectivity index (χ1v) is 8.00. The summed E-state index contributed by atoms with van der Waals surface area (Å²) in [5.41, 5.74) is 8.19. The Kier molecular flexibility index (Phi) is 5.36. The van der Waals surface area contributed by atoms with E-state index in [1.54, 1.807) is 29.0 Å². The van der Waals surface area contributed by atoms with Crippen LogP contribution in [0.15, 0.2) is 78.2 Å². The lowest BCUT2D eigenvalue weighted by atomic mass is 10.2. The monoisotopic (exact) mass is 364 g/mol. The molecule has 0 aliphatic carbocycles. The van der Waals surface area contributed by atoms with Crippen LogP contribution in [0.2, 0.25) is 0 Å². The summed E-state index contributed by atoms with van der Waals surface area (Å²) < 4.78 is 20.0. The highest BCUT2D eigenvalue weighted by atomic mass is 19.1. The van der Waals surface area contributed by atoms with E-state index < -0.39 is 5.82 Å². The first-order valence-electron chi connectivity index (χ1n) is 8.00. The molecule has 8 heteroatoms. The molecular weight excluding hydrogens is 347 g/mol. The average Bonchev–Trinajstić information content (AvgIpc) is 3.32. The average molecular weight is 364 g/mol. The van der Waals surface area contributed by atoms with Crippen molar-refractivity contribution in [3.05, 3.63) is 79.5 Å². The SMILES string of the molecule is C=C/C=C\C(=C/C=C)Cn1nc(-c2ncc(F)c(N)n2)cc1-c1ccon1. The summed E-state index contributed by atoms with van der Waals surface area (Å²) in [5.74, 6) is -0.701. The van der Waals surface area contributed by atoms with E-state index in [9.17, 15) is 4.39 Å². The van der Waals surface area contributed by atoms with E-state index >= 15 is 0 Å². The molecule has 0 spiro atoms. The third-order valence-electron chi connectivity index (χ3n) is 3.59. The lowest BCUT2D eigenvalue weighted by Gasteiger charge is -2.06.